The molecule has 1 aliphatic rings. The van der Waals surface area contributed by atoms with E-state index in [1.165, 1.54) is 6.20 Å². The van der Waals surface area contributed by atoms with Crippen LogP contribution in [0.4, 0.5) is 11.5 Å². The molecule has 1 unspecified atom stereocenters. The van der Waals surface area contributed by atoms with Gasteiger partial charge >= 0.3 is 0 Å². The van der Waals surface area contributed by atoms with E-state index in [0.29, 0.717) is 24.0 Å². The number of hydrogen-bond acceptors (Lipinski definition) is 7. The summed E-state index contributed by atoms with van der Waals surface area (Å²) in [6.07, 6.45) is 6.24. The molecule has 2 aromatic heterocycles. The minimum absolute atomic E-state index is 0.265. The Morgan fingerprint density at radius 3 is 2.87 bits per heavy atom. The fourth-order valence-corrected chi connectivity index (χ4v) is 3.89. The van der Waals surface area contributed by atoms with Gasteiger partial charge in [0, 0.05) is 37.8 Å². The zero-order chi connectivity index (χ0) is 21.8. The molecule has 1 amide bonds. The molecular weight excluding hydrogens is 394 g/mol. The molecular formula is C22H29N7O2. The van der Waals surface area contributed by atoms with Crippen molar-refractivity contribution in [1.82, 2.24) is 25.1 Å². The number of anilines is 2. The van der Waals surface area contributed by atoms with Crippen LogP contribution in [0.15, 0.2) is 30.7 Å². The molecule has 0 saturated carbocycles. The van der Waals surface area contributed by atoms with Gasteiger partial charge in [0.05, 0.1) is 30.2 Å². The summed E-state index contributed by atoms with van der Waals surface area (Å²) in [7, 11) is 1.86. The lowest BCUT2D eigenvalue weighted by atomic mass is 10.1. The second-order valence-electron chi connectivity index (χ2n) is 7.77. The third-order valence-corrected chi connectivity index (χ3v) is 5.43. The van der Waals surface area contributed by atoms with Crippen LogP contribution in [-0.4, -0.2) is 58.4 Å². The molecule has 3 aromatic rings. The number of carbonyl (C=O) groups is 1. The first-order chi connectivity index (χ1) is 15.1. The Morgan fingerprint density at radius 2 is 2.13 bits per heavy atom. The van der Waals surface area contributed by atoms with E-state index in [0.717, 1.165) is 49.3 Å². The Bertz CT molecular complexity index is 1050. The van der Waals surface area contributed by atoms with E-state index in [9.17, 15) is 4.79 Å². The van der Waals surface area contributed by atoms with Gasteiger partial charge in [0.1, 0.15) is 17.3 Å². The molecule has 9 nitrogen and oxygen atoms in total. The van der Waals surface area contributed by atoms with Gasteiger partial charge in [-0.2, -0.15) is 5.10 Å². The molecule has 9 heteroatoms. The third-order valence-electron chi connectivity index (χ3n) is 5.43. The first-order valence-corrected chi connectivity index (χ1v) is 10.8. The normalized spacial score (nSPS) is 16.1. The van der Waals surface area contributed by atoms with Gasteiger partial charge in [-0.15, -0.1) is 0 Å². The fourth-order valence-electron chi connectivity index (χ4n) is 3.89. The highest BCUT2D eigenvalue weighted by molar-refractivity contribution is 6.04. The van der Waals surface area contributed by atoms with Crippen LogP contribution in [0.25, 0.3) is 10.9 Å². The molecule has 31 heavy (non-hydrogen) atoms. The maximum Gasteiger partial charge on any atom is 0.275 e. The van der Waals surface area contributed by atoms with Crippen molar-refractivity contribution in [2.45, 2.75) is 20.3 Å². The largest absolute Gasteiger partial charge is 0.492 e. The van der Waals surface area contributed by atoms with Crippen LogP contribution in [0.2, 0.25) is 0 Å². The summed E-state index contributed by atoms with van der Waals surface area (Å²) in [6.45, 7) is 8.42. The SMILES string of the molecule is CCNCC1CCN(c2cnc(C(=O)Nc3cc4cn(C)nc4cc3OCC)cn2)C1. The van der Waals surface area contributed by atoms with Crippen molar-refractivity contribution < 1.29 is 9.53 Å². The lowest BCUT2D eigenvalue weighted by Crippen LogP contribution is -2.26. The van der Waals surface area contributed by atoms with Crippen molar-refractivity contribution in [3.8, 4) is 5.75 Å². The minimum atomic E-state index is -0.324. The number of ether oxygens (including phenoxy) is 1. The van der Waals surface area contributed by atoms with Crippen LogP contribution in [0, 0.1) is 5.92 Å². The van der Waals surface area contributed by atoms with Crippen LogP contribution in [0.3, 0.4) is 0 Å². The molecule has 1 atom stereocenters. The highest BCUT2D eigenvalue weighted by Crippen LogP contribution is 2.30. The Labute approximate surface area is 181 Å². The summed E-state index contributed by atoms with van der Waals surface area (Å²) in [4.78, 5) is 23.9. The number of aromatic nitrogens is 4. The predicted octanol–water partition coefficient (Wildman–Crippen LogP) is 2.45. The minimum Gasteiger partial charge on any atom is -0.492 e. The molecule has 2 N–H and O–H groups in total. The number of carbonyl (C=O) groups excluding carboxylic acids is 1. The smallest absolute Gasteiger partial charge is 0.275 e. The van der Waals surface area contributed by atoms with Crippen LogP contribution < -0.4 is 20.3 Å². The number of rotatable bonds is 8. The molecule has 1 aliphatic heterocycles. The average Bonchev–Trinajstić information content (AvgIpc) is 3.38. The lowest BCUT2D eigenvalue weighted by Gasteiger charge is -2.17. The Hall–Kier alpha value is -3.20. The van der Waals surface area contributed by atoms with Gasteiger partial charge in [-0.1, -0.05) is 6.92 Å². The molecule has 164 valence electrons. The van der Waals surface area contributed by atoms with Gasteiger partial charge in [0.25, 0.3) is 5.91 Å². The maximum absolute atomic E-state index is 12.8. The van der Waals surface area contributed by atoms with Crippen molar-refractivity contribution >= 4 is 28.3 Å². The Morgan fingerprint density at radius 1 is 1.26 bits per heavy atom. The summed E-state index contributed by atoms with van der Waals surface area (Å²) in [6, 6.07) is 3.70. The van der Waals surface area contributed by atoms with Crippen LogP contribution in [-0.2, 0) is 7.05 Å². The van der Waals surface area contributed by atoms with Crippen molar-refractivity contribution in [1.29, 1.82) is 0 Å². The number of amides is 1. The lowest BCUT2D eigenvalue weighted by molar-refractivity contribution is 0.102. The van der Waals surface area contributed by atoms with Crippen molar-refractivity contribution in [3.05, 3.63) is 36.4 Å². The summed E-state index contributed by atoms with van der Waals surface area (Å²) in [5.41, 5.74) is 1.66. The van der Waals surface area contributed by atoms with Crippen molar-refractivity contribution in [3.63, 3.8) is 0 Å². The topological polar surface area (TPSA) is 97.2 Å². The van der Waals surface area contributed by atoms with Crippen LogP contribution in [0.5, 0.6) is 5.75 Å². The van der Waals surface area contributed by atoms with E-state index in [4.69, 9.17) is 4.74 Å². The van der Waals surface area contributed by atoms with Crippen LogP contribution in [0.1, 0.15) is 30.8 Å². The van der Waals surface area contributed by atoms with E-state index in [1.807, 2.05) is 32.3 Å². The highest BCUT2D eigenvalue weighted by atomic mass is 16.5. The summed E-state index contributed by atoms with van der Waals surface area (Å²) in [5.74, 6) is 1.68. The number of nitrogens with zero attached hydrogens (tertiary/aromatic N) is 5. The van der Waals surface area contributed by atoms with E-state index >= 15 is 0 Å². The first kappa shape index (κ1) is 21.0. The number of benzene rings is 1. The van der Waals surface area contributed by atoms with Gasteiger partial charge in [-0.05, 0) is 38.4 Å². The van der Waals surface area contributed by atoms with Crippen molar-refractivity contribution in [2.75, 3.05) is 43.0 Å². The number of fused-ring (bicyclic) bond motifs is 1. The van der Waals surface area contributed by atoms with E-state index in [1.54, 1.807) is 10.9 Å². The molecule has 0 aliphatic carbocycles. The molecule has 0 spiro atoms. The van der Waals surface area contributed by atoms with Gasteiger partial charge in [-0.3, -0.25) is 9.48 Å². The third kappa shape index (κ3) is 4.77. The molecule has 4 rings (SSSR count). The Balaban J connectivity index is 1.46. The Kier molecular flexibility index (Phi) is 6.31. The quantitative estimate of drug-likeness (QED) is 0.574. The van der Waals surface area contributed by atoms with E-state index < -0.39 is 0 Å². The van der Waals surface area contributed by atoms with E-state index in [-0.39, 0.29) is 11.6 Å². The number of aryl methyl sites for hydroxylation is 1. The molecule has 3 heterocycles. The zero-order valence-corrected chi connectivity index (χ0v) is 18.3. The molecule has 0 radical (unpaired) electrons. The zero-order valence-electron chi connectivity index (χ0n) is 18.3. The second-order valence-corrected chi connectivity index (χ2v) is 7.77. The van der Waals surface area contributed by atoms with Gasteiger partial charge < -0.3 is 20.3 Å². The molecule has 1 saturated heterocycles. The van der Waals surface area contributed by atoms with Gasteiger partial charge in [0.2, 0.25) is 0 Å². The summed E-state index contributed by atoms with van der Waals surface area (Å²) >= 11 is 0. The molecule has 1 aromatic carbocycles. The van der Waals surface area contributed by atoms with E-state index in [2.05, 4.69) is 37.5 Å². The van der Waals surface area contributed by atoms with Gasteiger partial charge in [-0.25, -0.2) is 9.97 Å². The first-order valence-electron chi connectivity index (χ1n) is 10.8. The average molecular weight is 424 g/mol. The molecule has 0 bridgehead atoms. The number of hydrogen-bond donors (Lipinski definition) is 2. The van der Waals surface area contributed by atoms with Crippen molar-refractivity contribution in [2.24, 2.45) is 13.0 Å². The molecule has 1 fully saturated rings. The summed E-state index contributed by atoms with van der Waals surface area (Å²) < 4.78 is 7.44. The fraction of sp³-hybridized carbons (Fsp3) is 0.455. The standard InChI is InChI=1S/C22H29N7O2/c1-4-23-10-15-6-7-29(13-15)21-12-24-19(11-25-21)22(30)26-18-8-16-14-28(3)27-17(16)9-20(18)31-5-2/h8-9,11-12,14-15,23H,4-7,10,13H2,1-3H3,(H,26,30). The van der Waals surface area contributed by atoms with Gasteiger partial charge in [0.15, 0.2) is 0 Å². The second kappa shape index (κ2) is 9.30. The number of nitrogens with one attached hydrogen (secondary N) is 2. The predicted molar refractivity (Wildman–Crippen MR) is 121 cm³/mol. The summed E-state index contributed by atoms with van der Waals surface area (Å²) in [5, 5.41) is 11.6. The highest BCUT2D eigenvalue weighted by Gasteiger charge is 2.23. The monoisotopic (exact) mass is 423 g/mol. The maximum atomic E-state index is 12.8. The van der Waals surface area contributed by atoms with Crippen LogP contribution >= 0.6 is 0 Å².